The summed E-state index contributed by atoms with van der Waals surface area (Å²) in [4.78, 5) is 16.9. The van der Waals surface area contributed by atoms with Crippen LogP contribution in [0.4, 0.5) is 4.39 Å². The third-order valence-electron chi connectivity index (χ3n) is 5.86. The van der Waals surface area contributed by atoms with Crippen molar-refractivity contribution in [1.29, 1.82) is 0 Å². The van der Waals surface area contributed by atoms with Crippen LogP contribution in [0.3, 0.4) is 0 Å². The van der Waals surface area contributed by atoms with Crippen LogP contribution in [0.25, 0.3) is 0 Å². The number of hydrogen-bond acceptors (Lipinski definition) is 4. The first-order chi connectivity index (χ1) is 14.5. The number of piperazine rings is 1. The molecule has 8 heteroatoms. The van der Waals surface area contributed by atoms with Crippen molar-refractivity contribution >= 4 is 15.9 Å². The lowest BCUT2D eigenvalue weighted by molar-refractivity contribution is -0.136. The molecule has 0 bridgehead atoms. The second kappa shape index (κ2) is 8.83. The van der Waals surface area contributed by atoms with Crippen molar-refractivity contribution in [3.63, 3.8) is 0 Å². The maximum atomic E-state index is 14.1. The summed E-state index contributed by atoms with van der Waals surface area (Å²) in [5, 5.41) is 0. The number of sulfonamides is 1. The van der Waals surface area contributed by atoms with Gasteiger partial charge in [0.1, 0.15) is 16.8 Å². The number of benzene rings is 2. The Morgan fingerprint density at radius 1 is 0.833 bits per heavy atom. The van der Waals surface area contributed by atoms with Crippen molar-refractivity contribution in [3.8, 4) is 0 Å². The average Bonchev–Trinajstić information content (AvgIpc) is 3.30. The Labute approximate surface area is 176 Å². The van der Waals surface area contributed by atoms with E-state index in [1.165, 1.54) is 22.5 Å². The summed E-state index contributed by atoms with van der Waals surface area (Å²) in [6.45, 7) is 2.79. The first-order valence-corrected chi connectivity index (χ1v) is 11.7. The molecule has 0 spiro atoms. The number of carbonyl (C=O) groups is 1. The van der Waals surface area contributed by atoms with Gasteiger partial charge in [0.25, 0.3) is 0 Å². The minimum absolute atomic E-state index is 0.0733. The zero-order valence-corrected chi connectivity index (χ0v) is 17.6. The monoisotopic (exact) mass is 431 g/mol. The van der Waals surface area contributed by atoms with Gasteiger partial charge in [-0.1, -0.05) is 42.5 Å². The van der Waals surface area contributed by atoms with Gasteiger partial charge >= 0.3 is 0 Å². The highest BCUT2D eigenvalue weighted by molar-refractivity contribution is 7.89. The van der Waals surface area contributed by atoms with Crippen LogP contribution in [0.1, 0.15) is 24.4 Å². The molecule has 160 valence electrons. The molecule has 0 unspecified atom stereocenters. The highest BCUT2D eigenvalue weighted by atomic mass is 32.2. The zero-order valence-electron chi connectivity index (χ0n) is 16.8. The summed E-state index contributed by atoms with van der Waals surface area (Å²) >= 11 is 0. The number of amides is 1. The van der Waals surface area contributed by atoms with Crippen LogP contribution >= 0.6 is 0 Å². The van der Waals surface area contributed by atoms with E-state index >= 15 is 0 Å². The fourth-order valence-electron chi connectivity index (χ4n) is 4.25. The molecule has 2 aliphatic rings. The van der Waals surface area contributed by atoms with Gasteiger partial charge in [0.2, 0.25) is 15.9 Å². The molecule has 2 aromatic rings. The van der Waals surface area contributed by atoms with Gasteiger partial charge in [0, 0.05) is 39.3 Å². The molecule has 0 radical (unpaired) electrons. The van der Waals surface area contributed by atoms with Crippen molar-refractivity contribution in [1.82, 2.24) is 14.1 Å². The SMILES string of the molecule is O=C([C@@H](c1ccccc1)N1CCN(S(=O)(=O)c2ccccc2F)CC1)N1CCCC1. The predicted molar refractivity (Wildman–Crippen MR) is 112 cm³/mol. The lowest BCUT2D eigenvalue weighted by Gasteiger charge is -2.39. The van der Waals surface area contributed by atoms with Crippen LogP contribution < -0.4 is 0 Å². The van der Waals surface area contributed by atoms with Gasteiger partial charge in [-0.05, 0) is 30.5 Å². The van der Waals surface area contributed by atoms with Gasteiger partial charge in [-0.15, -0.1) is 0 Å². The second-order valence-electron chi connectivity index (χ2n) is 7.72. The molecule has 0 aromatic heterocycles. The maximum Gasteiger partial charge on any atom is 0.246 e. The second-order valence-corrected chi connectivity index (χ2v) is 9.62. The molecule has 1 atom stereocenters. The Kier molecular flexibility index (Phi) is 6.17. The first-order valence-electron chi connectivity index (χ1n) is 10.3. The zero-order chi connectivity index (χ0) is 21.1. The molecule has 0 aliphatic carbocycles. The third-order valence-corrected chi connectivity index (χ3v) is 7.79. The largest absolute Gasteiger partial charge is 0.341 e. The molecule has 2 aromatic carbocycles. The Hall–Kier alpha value is -2.29. The Balaban J connectivity index is 1.53. The first kappa shape index (κ1) is 21.0. The number of rotatable bonds is 5. The van der Waals surface area contributed by atoms with E-state index in [1.54, 1.807) is 0 Å². The predicted octanol–water partition coefficient (Wildman–Crippen LogP) is 2.50. The van der Waals surface area contributed by atoms with Crippen molar-refractivity contribution in [3.05, 3.63) is 66.0 Å². The molecular weight excluding hydrogens is 405 g/mol. The number of hydrogen-bond donors (Lipinski definition) is 0. The van der Waals surface area contributed by atoms with Crippen molar-refractivity contribution in [2.24, 2.45) is 0 Å². The molecule has 4 rings (SSSR count). The van der Waals surface area contributed by atoms with Crippen LogP contribution in [0.5, 0.6) is 0 Å². The molecule has 6 nitrogen and oxygen atoms in total. The molecular formula is C22H26FN3O3S. The van der Waals surface area contributed by atoms with Crippen molar-refractivity contribution in [2.75, 3.05) is 39.3 Å². The fourth-order valence-corrected chi connectivity index (χ4v) is 5.74. The van der Waals surface area contributed by atoms with Gasteiger partial charge in [-0.2, -0.15) is 4.31 Å². The van der Waals surface area contributed by atoms with Gasteiger partial charge in [-0.25, -0.2) is 12.8 Å². The summed E-state index contributed by atoms with van der Waals surface area (Å²) < 4.78 is 41.2. The lowest BCUT2D eigenvalue weighted by Crippen LogP contribution is -2.52. The summed E-state index contributed by atoms with van der Waals surface area (Å²) in [5.74, 6) is -0.671. The molecule has 0 saturated carbocycles. The van der Waals surface area contributed by atoms with E-state index in [0.29, 0.717) is 13.1 Å². The summed E-state index contributed by atoms with van der Waals surface area (Å²) in [6, 6.07) is 14.7. The third kappa shape index (κ3) is 4.12. The molecule has 2 saturated heterocycles. The normalized spacial score (nSPS) is 19.7. The van der Waals surface area contributed by atoms with Crippen molar-refractivity contribution in [2.45, 2.75) is 23.8 Å². The lowest BCUT2D eigenvalue weighted by atomic mass is 10.0. The highest BCUT2D eigenvalue weighted by Gasteiger charge is 2.37. The number of likely N-dealkylation sites (tertiary alicyclic amines) is 1. The fraction of sp³-hybridized carbons (Fsp3) is 0.409. The summed E-state index contributed by atoms with van der Waals surface area (Å²) in [6.07, 6.45) is 2.03. The summed E-state index contributed by atoms with van der Waals surface area (Å²) in [7, 11) is -3.91. The van der Waals surface area contributed by atoms with Crippen LogP contribution in [0, 0.1) is 5.82 Å². The van der Waals surface area contributed by atoms with Crippen LogP contribution in [-0.2, 0) is 14.8 Å². The van der Waals surface area contributed by atoms with Gasteiger partial charge in [-0.3, -0.25) is 9.69 Å². The van der Waals surface area contributed by atoms with Crippen LogP contribution in [0.2, 0.25) is 0 Å². The highest BCUT2D eigenvalue weighted by Crippen LogP contribution is 2.28. The van der Waals surface area contributed by atoms with Crippen LogP contribution in [0.15, 0.2) is 59.5 Å². The average molecular weight is 432 g/mol. The van der Waals surface area contributed by atoms with E-state index in [0.717, 1.165) is 37.6 Å². The number of halogens is 1. The minimum atomic E-state index is -3.91. The van der Waals surface area contributed by atoms with E-state index in [4.69, 9.17) is 0 Å². The molecule has 2 aliphatic heterocycles. The molecule has 30 heavy (non-hydrogen) atoms. The Morgan fingerprint density at radius 2 is 1.43 bits per heavy atom. The van der Waals surface area contributed by atoms with Crippen molar-refractivity contribution < 1.29 is 17.6 Å². The topological polar surface area (TPSA) is 60.9 Å². The van der Waals surface area contributed by atoms with E-state index < -0.39 is 21.9 Å². The van der Waals surface area contributed by atoms with Gasteiger partial charge in [0.15, 0.2) is 0 Å². The molecule has 1 amide bonds. The van der Waals surface area contributed by atoms with E-state index in [9.17, 15) is 17.6 Å². The van der Waals surface area contributed by atoms with Gasteiger partial charge < -0.3 is 4.90 Å². The quantitative estimate of drug-likeness (QED) is 0.730. The number of nitrogens with zero attached hydrogens (tertiary/aromatic N) is 3. The molecule has 0 N–H and O–H groups in total. The van der Waals surface area contributed by atoms with E-state index in [2.05, 4.69) is 0 Å². The van der Waals surface area contributed by atoms with Crippen LogP contribution in [-0.4, -0.2) is 67.7 Å². The Morgan fingerprint density at radius 3 is 2.07 bits per heavy atom. The minimum Gasteiger partial charge on any atom is -0.341 e. The standard InChI is InChI=1S/C22H26FN3O3S/c23-19-10-4-5-11-20(19)30(28,29)26-16-14-24(15-17-26)21(18-8-2-1-3-9-18)22(27)25-12-6-7-13-25/h1-5,8-11,21H,6-7,12-17H2/t21-/m1/s1. The number of carbonyl (C=O) groups excluding carboxylic acids is 1. The van der Waals surface area contributed by atoms with E-state index in [-0.39, 0.29) is 23.9 Å². The Bertz CT molecular complexity index is 986. The maximum absolute atomic E-state index is 14.1. The summed E-state index contributed by atoms with van der Waals surface area (Å²) in [5.41, 5.74) is 0.916. The smallest absolute Gasteiger partial charge is 0.246 e. The molecule has 2 heterocycles. The van der Waals surface area contributed by atoms with E-state index in [1.807, 2.05) is 40.1 Å². The van der Waals surface area contributed by atoms with Gasteiger partial charge in [0.05, 0.1) is 0 Å². The molecule has 2 fully saturated rings.